The van der Waals surface area contributed by atoms with Gasteiger partial charge in [0.15, 0.2) is 0 Å². The van der Waals surface area contributed by atoms with Crippen LogP contribution in [0.1, 0.15) is 30.9 Å². The van der Waals surface area contributed by atoms with E-state index < -0.39 is 0 Å². The molecule has 0 aliphatic heterocycles. The van der Waals surface area contributed by atoms with Gasteiger partial charge in [-0.2, -0.15) is 0 Å². The van der Waals surface area contributed by atoms with Gasteiger partial charge < -0.3 is 5.73 Å². The average molecular weight is 200 g/mol. The largest absolute Gasteiger partial charge is 0.384 e. The van der Waals surface area contributed by atoms with Crippen molar-refractivity contribution < 1.29 is 0 Å². The first-order valence-corrected chi connectivity index (χ1v) is 5.24. The second kappa shape index (κ2) is 3.54. The minimum atomic E-state index is 0.548. The zero-order chi connectivity index (χ0) is 11.0. The van der Waals surface area contributed by atoms with E-state index in [0.717, 1.165) is 5.52 Å². The molecule has 0 saturated carbocycles. The van der Waals surface area contributed by atoms with E-state index in [9.17, 15) is 0 Å². The lowest BCUT2D eigenvalue weighted by molar-refractivity contribution is 0.868. The maximum atomic E-state index is 5.71. The van der Waals surface area contributed by atoms with Crippen molar-refractivity contribution in [1.82, 2.24) is 4.98 Å². The van der Waals surface area contributed by atoms with Crippen molar-refractivity contribution >= 4 is 16.7 Å². The normalized spacial score (nSPS) is 11.2. The zero-order valence-corrected chi connectivity index (χ0v) is 9.41. The van der Waals surface area contributed by atoms with Crippen molar-refractivity contribution in [3.63, 3.8) is 0 Å². The van der Waals surface area contributed by atoms with Gasteiger partial charge in [0.2, 0.25) is 0 Å². The summed E-state index contributed by atoms with van der Waals surface area (Å²) in [6, 6.07) is 8.31. The van der Waals surface area contributed by atoms with Gasteiger partial charge in [-0.1, -0.05) is 19.9 Å². The highest BCUT2D eigenvalue weighted by atomic mass is 14.8. The molecule has 0 fully saturated rings. The van der Waals surface area contributed by atoms with Crippen LogP contribution in [0.15, 0.2) is 24.3 Å². The summed E-state index contributed by atoms with van der Waals surface area (Å²) in [6.45, 7) is 6.47. The molecule has 2 N–H and O–H groups in total. The number of nitrogens with two attached hydrogens (primary N) is 1. The Morgan fingerprint density at radius 1 is 1.20 bits per heavy atom. The van der Waals surface area contributed by atoms with Gasteiger partial charge in [-0.3, -0.25) is 0 Å². The van der Waals surface area contributed by atoms with Crippen molar-refractivity contribution in [3.05, 3.63) is 35.4 Å². The van der Waals surface area contributed by atoms with E-state index in [1.165, 1.54) is 16.5 Å². The van der Waals surface area contributed by atoms with Crippen LogP contribution in [0.4, 0.5) is 5.82 Å². The van der Waals surface area contributed by atoms with Crippen LogP contribution in [-0.4, -0.2) is 4.98 Å². The van der Waals surface area contributed by atoms with E-state index in [2.05, 4.69) is 37.9 Å². The van der Waals surface area contributed by atoms with E-state index in [-0.39, 0.29) is 0 Å². The maximum absolute atomic E-state index is 5.71. The number of pyridine rings is 1. The molecule has 0 unspecified atom stereocenters. The van der Waals surface area contributed by atoms with E-state index >= 15 is 0 Å². The molecule has 0 aliphatic rings. The van der Waals surface area contributed by atoms with Gasteiger partial charge in [0.1, 0.15) is 5.82 Å². The summed E-state index contributed by atoms with van der Waals surface area (Å²) in [7, 11) is 0. The predicted octanol–water partition coefficient (Wildman–Crippen LogP) is 3.25. The number of fused-ring (bicyclic) bond motifs is 1. The van der Waals surface area contributed by atoms with Gasteiger partial charge in [0.05, 0.1) is 5.52 Å². The van der Waals surface area contributed by atoms with Crippen molar-refractivity contribution in [2.45, 2.75) is 26.7 Å². The monoisotopic (exact) mass is 200 g/mol. The minimum absolute atomic E-state index is 0.548. The van der Waals surface area contributed by atoms with Gasteiger partial charge in [0.25, 0.3) is 0 Å². The first-order chi connectivity index (χ1) is 7.08. The minimum Gasteiger partial charge on any atom is -0.384 e. The topological polar surface area (TPSA) is 38.9 Å². The summed E-state index contributed by atoms with van der Waals surface area (Å²) in [5.74, 6) is 1.14. The Morgan fingerprint density at radius 3 is 2.60 bits per heavy atom. The molecule has 78 valence electrons. The summed E-state index contributed by atoms with van der Waals surface area (Å²) in [5, 5.41) is 1.20. The Labute approximate surface area is 90.1 Å². The van der Waals surface area contributed by atoms with Crippen LogP contribution in [0.2, 0.25) is 0 Å². The summed E-state index contributed by atoms with van der Waals surface area (Å²) in [4.78, 5) is 4.31. The SMILES string of the molecule is Cc1cc(N)nc2ccc(C(C)C)cc12. The second-order valence-electron chi connectivity index (χ2n) is 4.30. The highest BCUT2D eigenvalue weighted by Gasteiger charge is 2.04. The number of benzene rings is 1. The number of nitrogens with zero attached hydrogens (tertiary/aromatic N) is 1. The van der Waals surface area contributed by atoms with Crippen LogP contribution in [0.3, 0.4) is 0 Å². The average Bonchev–Trinajstić information content (AvgIpc) is 2.16. The molecule has 2 rings (SSSR count). The lowest BCUT2D eigenvalue weighted by atomic mass is 9.99. The number of hydrogen-bond donors (Lipinski definition) is 1. The Balaban J connectivity index is 2.71. The van der Waals surface area contributed by atoms with Crippen LogP contribution in [0, 0.1) is 6.92 Å². The van der Waals surface area contributed by atoms with Crippen molar-refractivity contribution in [2.24, 2.45) is 0 Å². The fraction of sp³-hybridized carbons (Fsp3) is 0.308. The first-order valence-electron chi connectivity index (χ1n) is 5.24. The number of nitrogen functional groups attached to an aromatic ring is 1. The third-order valence-corrected chi connectivity index (χ3v) is 2.73. The Morgan fingerprint density at radius 2 is 1.93 bits per heavy atom. The van der Waals surface area contributed by atoms with Crippen LogP contribution in [0.25, 0.3) is 10.9 Å². The summed E-state index contributed by atoms with van der Waals surface area (Å²) in [6.07, 6.45) is 0. The molecule has 0 atom stereocenters. The van der Waals surface area contributed by atoms with Gasteiger partial charge in [0, 0.05) is 5.39 Å². The van der Waals surface area contributed by atoms with Gasteiger partial charge in [-0.15, -0.1) is 0 Å². The third-order valence-electron chi connectivity index (χ3n) is 2.73. The fourth-order valence-electron chi connectivity index (χ4n) is 1.80. The van der Waals surface area contributed by atoms with E-state index in [0.29, 0.717) is 11.7 Å². The lowest BCUT2D eigenvalue weighted by Crippen LogP contribution is -1.94. The highest BCUT2D eigenvalue weighted by molar-refractivity contribution is 5.84. The molecule has 0 aliphatic carbocycles. The Bertz CT molecular complexity index is 501. The molecule has 0 radical (unpaired) electrons. The molecule has 2 nitrogen and oxygen atoms in total. The van der Waals surface area contributed by atoms with E-state index in [1.54, 1.807) is 0 Å². The van der Waals surface area contributed by atoms with Crippen molar-refractivity contribution in [1.29, 1.82) is 0 Å². The number of aryl methyl sites for hydroxylation is 1. The molecule has 15 heavy (non-hydrogen) atoms. The third kappa shape index (κ3) is 1.80. The molecule has 0 saturated heterocycles. The second-order valence-corrected chi connectivity index (χ2v) is 4.30. The maximum Gasteiger partial charge on any atom is 0.124 e. The molecule has 1 aromatic carbocycles. The molecular weight excluding hydrogens is 184 g/mol. The zero-order valence-electron chi connectivity index (χ0n) is 9.41. The Hall–Kier alpha value is -1.57. The smallest absolute Gasteiger partial charge is 0.124 e. The summed E-state index contributed by atoms with van der Waals surface area (Å²) >= 11 is 0. The molecule has 0 spiro atoms. The molecule has 1 aromatic heterocycles. The van der Waals surface area contributed by atoms with Gasteiger partial charge >= 0.3 is 0 Å². The molecule has 1 heterocycles. The standard InChI is InChI=1S/C13H16N2/c1-8(2)10-4-5-12-11(7-10)9(3)6-13(14)15-12/h4-8H,1-3H3,(H2,14,15). The van der Waals surface area contributed by atoms with Gasteiger partial charge in [-0.05, 0) is 42.2 Å². The van der Waals surface area contributed by atoms with Crippen LogP contribution in [-0.2, 0) is 0 Å². The van der Waals surface area contributed by atoms with Crippen LogP contribution in [0.5, 0.6) is 0 Å². The molecule has 2 aromatic rings. The fourth-order valence-corrected chi connectivity index (χ4v) is 1.80. The van der Waals surface area contributed by atoms with Crippen LogP contribution < -0.4 is 5.73 Å². The highest BCUT2D eigenvalue weighted by Crippen LogP contribution is 2.23. The number of anilines is 1. The Kier molecular flexibility index (Phi) is 2.35. The van der Waals surface area contributed by atoms with Crippen molar-refractivity contribution in [2.75, 3.05) is 5.73 Å². The first kappa shape index (κ1) is 9.97. The lowest BCUT2D eigenvalue weighted by Gasteiger charge is -2.08. The summed E-state index contributed by atoms with van der Waals surface area (Å²) in [5.41, 5.74) is 9.23. The number of aromatic nitrogens is 1. The molecule has 2 heteroatoms. The molecular formula is C13H16N2. The molecule has 0 bridgehead atoms. The van der Waals surface area contributed by atoms with E-state index in [1.807, 2.05) is 12.1 Å². The van der Waals surface area contributed by atoms with Crippen LogP contribution >= 0.6 is 0 Å². The molecule has 0 amide bonds. The van der Waals surface area contributed by atoms with E-state index in [4.69, 9.17) is 5.73 Å². The quantitative estimate of drug-likeness (QED) is 0.767. The van der Waals surface area contributed by atoms with Crippen molar-refractivity contribution in [3.8, 4) is 0 Å². The number of hydrogen-bond acceptors (Lipinski definition) is 2. The number of rotatable bonds is 1. The predicted molar refractivity (Wildman–Crippen MR) is 65.0 cm³/mol. The van der Waals surface area contributed by atoms with Gasteiger partial charge in [-0.25, -0.2) is 4.98 Å². The summed E-state index contributed by atoms with van der Waals surface area (Å²) < 4.78 is 0.